The number of amides is 2. The van der Waals surface area contributed by atoms with Gasteiger partial charge in [0.1, 0.15) is 21.6 Å². The monoisotopic (exact) mass is 608 g/mol. The van der Waals surface area contributed by atoms with Crippen LogP contribution in [-0.2, 0) is 11.0 Å². The molecule has 2 aliphatic rings. The average molecular weight is 609 g/mol. The summed E-state index contributed by atoms with van der Waals surface area (Å²) in [6.07, 6.45) is -1.06. The molecule has 4 aromatic rings. The van der Waals surface area contributed by atoms with Gasteiger partial charge in [0.2, 0.25) is 5.91 Å². The highest BCUT2D eigenvalue weighted by Crippen LogP contribution is 2.35. The number of aromatic nitrogens is 4. The summed E-state index contributed by atoms with van der Waals surface area (Å²) in [7, 11) is 0. The summed E-state index contributed by atoms with van der Waals surface area (Å²) in [4.78, 5) is 35.9. The van der Waals surface area contributed by atoms with Gasteiger partial charge in [-0.25, -0.2) is 9.67 Å². The van der Waals surface area contributed by atoms with Gasteiger partial charge < -0.3 is 9.80 Å². The van der Waals surface area contributed by atoms with Gasteiger partial charge in [0, 0.05) is 36.8 Å². The van der Waals surface area contributed by atoms with Crippen molar-refractivity contribution in [1.29, 1.82) is 0 Å². The number of benzene rings is 2. The van der Waals surface area contributed by atoms with Gasteiger partial charge in [-0.15, -0.1) is 16.4 Å². The molecule has 0 bridgehead atoms. The largest absolute Gasteiger partial charge is 0.416 e. The van der Waals surface area contributed by atoms with E-state index >= 15 is 0 Å². The Hall–Kier alpha value is -4.06. The molecule has 0 radical (unpaired) electrons. The number of likely N-dealkylation sites (tertiary alicyclic amines) is 2. The number of thiazole rings is 1. The molecule has 6 rings (SSSR count). The van der Waals surface area contributed by atoms with E-state index < -0.39 is 17.8 Å². The van der Waals surface area contributed by atoms with Gasteiger partial charge >= 0.3 is 6.18 Å². The van der Waals surface area contributed by atoms with E-state index in [0.29, 0.717) is 43.8 Å². The van der Waals surface area contributed by atoms with E-state index in [0.717, 1.165) is 34.0 Å². The zero-order valence-corrected chi connectivity index (χ0v) is 24.9. The molecule has 12 heteroatoms. The van der Waals surface area contributed by atoms with Gasteiger partial charge in [-0.2, -0.15) is 13.2 Å². The van der Waals surface area contributed by atoms with Crippen molar-refractivity contribution in [2.75, 3.05) is 19.6 Å². The quantitative estimate of drug-likeness (QED) is 0.274. The number of alkyl halides is 3. The molecule has 8 nitrogen and oxygen atoms in total. The smallest absolute Gasteiger partial charge is 0.338 e. The minimum absolute atomic E-state index is 0.00124. The molecular formula is C31H31F3N6O2S. The Bertz CT molecular complexity index is 1690. The van der Waals surface area contributed by atoms with Crippen molar-refractivity contribution in [3.05, 3.63) is 75.9 Å². The van der Waals surface area contributed by atoms with E-state index in [4.69, 9.17) is 4.98 Å². The minimum atomic E-state index is -4.46. The zero-order valence-electron chi connectivity index (χ0n) is 24.1. The molecule has 0 N–H and O–H groups in total. The normalized spacial score (nSPS) is 18.1. The van der Waals surface area contributed by atoms with Gasteiger partial charge in [0.15, 0.2) is 0 Å². The van der Waals surface area contributed by atoms with Crippen molar-refractivity contribution < 1.29 is 22.8 Å². The Balaban J connectivity index is 1.09. The first-order valence-electron chi connectivity index (χ1n) is 14.2. The van der Waals surface area contributed by atoms with Gasteiger partial charge in [0.05, 0.1) is 17.5 Å². The summed E-state index contributed by atoms with van der Waals surface area (Å²) >= 11 is 1.42. The highest BCUT2D eigenvalue weighted by Gasteiger charge is 2.39. The fourth-order valence-electron chi connectivity index (χ4n) is 6.00. The first-order chi connectivity index (χ1) is 20.5. The number of aryl methyl sites for hydroxylation is 3. The molecule has 0 saturated carbocycles. The van der Waals surface area contributed by atoms with Crippen LogP contribution >= 0.6 is 11.3 Å². The average Bonchev–Trinajstić information content (AvgIpc) is 3.71. The van der Waals surface area contributed by atoms with Gasteiger partial charge in [-0.1, -0.05) is 41.1 Å². The summed E-state index contributed by atoms with van der Waals surface area (Å²) in [6.45, 7) is 7.60. The van der Waals surface area contributed by atoms with E-state index in [1.54, 1.807) is 6.07 Å². The first kappa shape index (κ1) is 29.0. The third kappa shape index (κ3) is 5.67. The van der Waals surface area contributed by atoms with E-state index in [1.807, 2.05) is 36.6 Å². The van der Waals surface area contributed by atoms with Gasteiger partial charge in [0.25, 0.3) is 5.91 Å². The fraction of sp³-hybridized carbons (Fsp3) is 0.387. The number of nitrogens with zero attached hydrogens (tertiary/aromatic N) is 6. The first-order valence-corrected chi connectivity index (χ1v) is 15.1. The molecule has 2 amide bonds. The summed E-state index contributed by atoms with van der Waals surface area (Å²) in [5.74, 6) is -0.110. The summed E-state index contributed by atoms with van der Waals surface area (Å²) in [5, 5.41) is 8.97. The summed E-state index contributed by atoms with van der Waals surface area (Å²) in [5.41, 5.74) is 3.87. The number of carbonyl (C=O) groups is 2. The number of rotatable bonds is 5. The number of carbonyl (C=O) groups excluding carboxylic acids is 2. The Labute approximate surface area is 251 Å². The lowest BCUT2D eigenvalue weighted by Gasteiger charge is -2.36. The predicted octanol–water partition coefficient (Wildman–Crippen LogP) is 6.09. The SMILES string of the molecule is Cc1ccc(-c2nc(C)c(C(=O)N3CCC(N4CCC(n5cc(-c6cccc(C(F)(F)F)c6)nn5)C4=O)CC3)s2)c(C)c1. The Morgan fingerprint density at radius 3 is 2.49 bits per heavy atom. The predicted molar refractivity (Wildman–Crippen MR) is 157 cm³/mol. The van der Waals surface area contributed by atoms with Crippen LogP contribution in [0, 0.1) is 20.8 Å². The highest BCUT2D eigenvalue weighted by molar-refractivity contribution is 7.17. The molecular weight excluding hydrogens is 577 g/mol. The van der Waals surface area contributed by atoms with Crippen LogP contribution in [-0.4, -0.2) is 67.3 Å². The number of piperidine rings is 1. The molecule has 2 aliphatic heterocycles. The second kappa shape index (κ2) is 11.2. The lowest BCUT2D eigenvalue weighted by atomic mass is 10.0. The number of hydrogen-bond donors (Lipinski definition) is 0. The number of halogens is 3. The minimum Gasteiger partial charge on any atom is -0.338 e. The molecule has 2 fully saturated rings. The topological polar surface area (TPSA) is 84.2 Å². The molecule has 0 aliphatic carbocycles. The second-order valence-corrected chi connectivity index (χ2v) is 12.3. The van der Waals surface area contributed by atoms with Gasteiger partial charge in [-0.05, 0) is 57.7 Å². The molecule has 1 atom stereocenters. The molecule has 2 aromatic heterocycles. The Morgan fingerprint density at radius 2 is 1.77 bits per heavy atom. The van der Waals surface area contributed by atoms with Gasteiger partial charge in [-0.3, -0.25) is 9.59 Å². The van der Waals surface area contributed by atoms with Crippen molar-refractivity contribution in [3.63, 3.8) is 0 Å². The summed E-state index contributed by atoms with van der Waals surface area (Å²) in [6, 6.07) is 10.6. The van der Waals surface area contributed by atoms with Crippen LogP contribution in [0.1, 0.15) is 57.4 Å². The standard InChI is InChI=1S/C31H31F3N6O2S/c1-18-7-8-24(19(2)15-18)28-35-20(3)27(43-28)30(42)38-12-9-23(10-13-38)39-14-11-26(29(39)41)40-17-25(36-37-40)21-5-4-6-22(16-21)31(32,33)34/h4-8,15-17,23,26H,9-14H2,1-3H3. The molecule has 0 spiro atoms. The maximum absolute atomic E-state index is 13.5. The van der Waals surface area contributed by atoms with E-state index in [9.17, 15) is 22.8 Å². The van der Waals surface area contributed by atoms with Crippen LogP contribution in [0.15, 0.2) is 48.7 Å². The van der Waals surface area contributed by atoms with Crippen molar-refractivity contribution in [2.24, 2.45) is 0 Å². The lowest BCUT2D eigenvalue weighted by molar-refractivity contribution is -0.137. The maximum atomic E-state index is 13.5. The van der Waals surface area contributed by atoms with Crippen molar-refractivity contribution in [1.82, 2.24) is 29.8 Å². The summed E-state index contributed by atoms with van der Waals surface area (Å²) < 4.78 is 40.9. The van der Waals surface area contributed by atoms with Crippen LogP contribution in [0.5, 0.6) is 0 Å². The second-order valence-electron chi connectivity index (χ2n) is 11.3. The van der Waals surface area contributed by atoms with Crippen LogP contribution in [0.25, 0.3) is 21.8 Å². The fourth-order valence-corrected chi connectivity index (χ4v) is 7.12. The van der Waals surface area contributed by atoms with Crippen LogP contribution < -0.4 is 0 Å². The maximum Gasteiger partial charge on any atom is 0.416 e. The molecule has 4 heterocycles. The van der Waals surface area contributed by atoms with E-state index in [-0.39, 0.29) is 29.1 Å². The molecule has 2 aromatic carbocycles. The van der Waals surface area contributed by atoms with Crippen LogP contribution in [0.4, 0.5) is 13.2 Å². The van der Waals surface area contributed by atoms with Crippen molar-refractivity contribution >= 4 is 23.2 Å². The molecule has 2 saturated heterocycles. The van der Waals surface area contributed by atoms with E-state index in [1.165, 1.54) is 33.8 Å². The Morgan fingerprint density at radius 1 is 1.00 bits per heavy atom. The van der Waals surface area contributed by atoms with Crippen LogP contribution in [0.3, 0.4) is 0 Å². The van der Waals surface area contributed by atoms with Crippen molar-refractivity contribution in [2.45, 2.75) is 58.3 Å². The Kier molecular flexibility index (Phi) is 7.57. The third-order valence-electron chi connectivity index (χ3n) is 8.32. The lowest BCUT2D eigenvalue weighted by Crippen LogP contribution is -2.47. The third-order valence-corrected chi connectivity index (χ3v) is 9.50. The molecule has 1 unspecified atom stereocenters. The number of hydrogen-bond acceptors (Lipinski definition) is 6. The van der Waals surface area contributed by atoms with Crippen LogP contribution in [0.2, 0.25) is 0 Å². The molecule has 224 valence electrons. The van der Waals surface area contributed by atoms with E-state index in [2.05, 4.69) is 22.4 Å². The zero-order chi connectivity index (χ0) is 30.5. The highest BCUT2D eigenvalue weighted by atomic mass is 32.1. The van der Waals surface area contributed by atoms with Crippen molar-refractivity contribution in [3.8, 4) is 21.8 Å². The molecule has 43 heavy (non-hydrogen) atoms.